The van der Waals surface area contributed by atoms with Gasteiger partial charge in [0.2, 0.25) is 5.60 Å². The number of amides is 1. The average molecular weight is 444 g/mol. The topological polar surface area (TPSA) is 120 Å². The lowest BCUT2D eigenvalue weighted by molar-refractivity contribution is -0.201. The molecule has 0 unspecified atom stereocenters. The molecule has 4 heterocycles. The summed E-state index contributed by atoms with van der Waals surface area (Å²) in [5.74, 6) is -0.546. The van der Waals surface area contributed by atoms with Crippen LogP contribution in [-0.2, 0) is 24.5 Å². The quantitative estimate of drug-likeness (QED) is 0.646. The standard InChI is InChI=1S/C22H29N5O5/c1-5-7-8-11-29-20(28)26-19-14-9-10-16(27(14)25-13-24-19)22(12-23)18-17(15(6-2)30-22)31-21(3,4)32-18/h9-10,13,15,17-18H,5-8,11H2,1-4H3,(H,24,25,26,28)/t15-,17-,18-,22+/m1/s1. The fourth-order valence-corrected chi connectivity index (χ4v) is 4.38. The maximum Gasteiger partial charge on any atom is 0.412 e. The van der Waals surface area contributed by atoms with E-state index in [9.17, 15) is 10.1 Å². The van der Waals surface area contributed by atoms with Crippen LogP contribution >= 0.6 is 0 Å². The van der Waals surface area contributed by atoms with Gasteiger partial charge >= 0.3 is 6.09 Å². The number of aromatic nitrogens is 3. The van der Waals surface area contributed by atoms with Crippen LogP contribution in [0.2, 0.25) is 0 Å². The Morgan fingerprint density at radius 1 is 1.28 bits per heavy atom. The lowest BCUT2D eigenvalue weighted by Crippen LogP contribution is -2.40. The molecule has 2 aromatic rings. The predicted molar refractivity (Wildman–Crippen MR) is 114 cm³/mol. The van der Waals surface area contributed by atoms with Crippen LogP contribution in [0, 0.1) is 11.3 Å². The van der Waals surface area contributed by atoms with E-state index in [0.29, 0.717) is 24.2 Å². The van der Waals surface area contributed by atoms with Crippen LogP contribution in [-0.4, -0.2) is 51.4 Å². The van der Waals surface area contributed by atoms with E-state index in [1.54, 1.807) is 16.6 Å². The molecule has 2 aliphatic heterocycles. The zero-order chi connectivity index (χ0) is 22.9. The zero-order valence-corrected chi connectivity index (χ0v) is 18.8. The Morgan fingerprint density at radius 2 is 2.09 bits per heavy atom. The highest BCUT2D eigenvalue weighted by molar-refractivity contribution is 5.88. The molecule has 0 bridgehead atoms. The van der Waals surface area contributed by atoms with E-state index >= 15 is 0 Å². The van der Waals surface area contributed by atoms with Gasteiger partial charge in [0.15, 0.2) is 11.6 Å². The number of nitriles is 1. The molecule has 10 nitrogen and oxygen atoms in total. The van der Waals surface area contributed by atoms with Crippen molar-refractivity contribution in [2.24, 2.45) is 0 Å². The fraction of sp³-hybridized carbons (Fsp3) is 0.636. The molecule has 2 aromatic heterocycles. The molecule has 2 fully saturated rings. The van der Waals surface area contributed by atoms with Gasteiger partial charge < -0.3 is 18.9 Å². The predicted octanol–water partition coefficient (Wildman–Crippen LogP) is 3.52. The second kappa shape index (κ2) is 8.65. The van der Waals surface area contributed by atoms with Gasteiger partial charge in [-0.05, 0) is 38.8 Å². The summed E-state index contributed by atoms with van der Waals surface area (Å²) in [6.07, 6.45) is 2.93. The van der Waals surface area contributed by atoms with Crippen LogP contribution in [0.3, 0.4) is 0 Å². The maximum absolute atomic E-state index is 12.2. The molecule has 0 aromatic carbocycles. The van der Waals surface area contributed by atoms with Gasteiger partial charge in [0.25, 0.3) is 0 Å². The largest absolute Gasteiger partial charge is 0.449 e. The Balaban J connectivity index is 1.65. The van der Waals surface area contributed by atoms with Crippen molar-refractivity contribution in [3.63, 3.8) is 0 Å². The summed E-state index contributed by atoms with van der Waals surface area (Å²) in [4.78, 5) is 16.4. The lowest BCUT2D eigenvalue weighted by Gasteiger charge is -2.28. The van der Waals surface area contributed by atoms with E-state index in [-0.39, 0.29) is 18.0 Å². The van der Waals surface area contributed by atoms with Crippen molar-refractivity contribution >= 4 is 17.4 Å². The summed E-state index contributed by atoms with van der Waals surface area (Å²) in [6, 6.07) is 5.81. The monoisotopic (exact) mass is 443 g/mol. The molecule has 10 heteroatoms. The third-order valence-electron chi connectivity index (χ3n) is 5.84. The maximum atomic E-state index is 12.2. The molecule has 4 atom stereocenters. The number of hydrogen-bond acceptors (Lipinski definition) is 8. The van der Waals surface area contributed by atoms with Crippen LogP contribution in [0.15, 0.2) is 18.5 Å². The highest BCUT2D eigenvalue weighted by atomic mass is 16.8. The molecular weight excluding hydrogens is 414 g/mol. The lowest BCUT2D eigenvalue weighted by atomic mass is 9.92. The highest BCUT2D eigenvalue weighted by Crippen LogP contribution is 2.49. The molecule has 1 N–H and O–H groups in total. The normalized spacial score (nSPS) is 28.4. The van der Waals surface area contributed by atoms with E-state index in [1.807, 2.05) is 20.8 Å². The van der Waals surface area contributed by atoms with Crippen molar-refractivity contribution in [1.82, 2.24) is 14.6 Å². The smallest absolute Gasteiger partial charge is 0.412 e. The van der Waals surface area contributed by atoms with Crippen molar-refractivity contribution < 1.29 is 23.7 Å². The van der Waals surface area contributed by atoms with E-state index in [0.717, 1.165) is 19.3 Å². The number of unbranched alkanes of at least 4 members (excludes halogenated alkanes) is 2. The van der Waals surface area contributed by atoms with Gasteiger partial charge in [0.05, 0.1) is 18.4 Å². The molecule has 1 amide bonds. The van der Waals surface area contributed by atoms with Gasteiger partial charge in [0, 0.05) is 0 Å². The first-order valence-electron chi connectivity index (χ1n) is 11.1. The average Bonchev–Trinajstić information content (AvgIpc) is 3.42. The minimum absolute atomic E-state index is 0.283. The second-order valence-electron chi connectivity index (χ2n) is 8.53. The third-order valence-corrected chi connectivity index (χ3v) is 5.84. The van der Waals surface area contributed by atoms with E-state index in [1.165, 1.54) is 6.33 Å². The van der Waals surface area contributed by atoms with E-state index in [4.69, 9.17) is 18.9 Å². The second-order valence-corrected chi connectivity index (χ2v) is 8.53. The Bertz CT molecular complexity index is 1030. The Labute approximate surface area is 186 Å². The van der Waals surface area contributed by atoms with Crippen LogP contribution in [0.5, 0.6) is 0 Å². The highest BCUT2D eigenvalue weighted by Gasteiger charge is 2.64. The van der Waals surface area contributed by atoms with Crippen LogP contribution in [0.25, 0.3) is 5.52 Å². The van der Waals surface area contributed by atoms with Crippen molar-refractivity contribution in [2.45, 2.75) is 83.1 Å². The van der Waals surface area contributed by atoms with Crippen molar-refractivity contribution in [3.05, 3.63) is 24.2 Å². The molecule has 172 valence electrons. The third kappa shape index (κ3) is 3.81. The molecule has 0 aliphatic carbocycles. The first-order chi connectivity index (χ1) is 15.3. The number of nitrogens with one attached hydrogen (secondary N) is 1. The number of anilines is 1. The number of ether oxygens (including phenoxy) is 4. The van der Waals surface area contributed by atoms with Crippen LogP contribution in [0.1, 0.15) is 59.1 Å². The Kier molecular flexibility index (Phi) is 6.07. The molecule has 4 rings (SSSR count). The number of fused-ring (bicyclic) bond motifs is 2. The summed E-state index contributed by atoms with van der Waals surface area (Å²) in [5, 5.41) is 17.3. The summed E-state index contributed by atoms with van der Waals surface area (Å²) in [6.45, 7) is 8.06. The summed E-state index contributed by atoms with van der Waals surface area (Å²) in [5.41, 5.74) is -0.414. The Morgan fingerprint density at radius 3 is 2.81 bits per heavy atom. The minimum Gasteiger partial charge on any atom is -0.449 e. The fourth-order valence-electron chi connectivity index (χ4n) is 4.38. The molecule has 0 spiro atoms. The molecule has 32 heavy (non-hydrogen) atoms. The van der Waals surface area contributed by atoms with Gasteiger partial charge in [0.1, 0.15) is 30.1 Å². The van der Waals surface area contributed by atoms with Gasteiger partial charge in [-0.25, -0.2) is 14.3 Å². The van der Waals surface area contributed by atoms with Crippen molar-refractivity contribution in [3.8, 4) is 6.07 Å². The molecular formula is C22H29N5O5. The SMILES string of the molecule is CCCCCOC(=O)Nc1ncnn2c([C@]3(C#N)O[C@H](CC)[C@H]4OC(C)(C)O[C@H]43)ccc12. The summed E-state index contributed by atoms with van der Waals surface area (Å²) in [7, 11) is 0. The number of carbonyl (C=O) groups excluding carboxylic acids is 1. The zero-order valence-electron chi connectivity index (χ0n) is 18.8. The van der Waals surface area contributed by atoms with E-state index < -0.39 is 23.6 Å². The first kappa shape index (κ1) is 22.5. The van der Waals surface area contributed by atoms with E-state index in [2.05, 4.69) is 28.4 Å². The number of hydrogen-bond donors (Lipinski definition) is 1. The summed E-state index contributed by atoms with van der Waals surface area (Å²) < 4.78 is 25.2. The van der Waals surface area contributed by atoms with Gasteiger partial charge in [-0.1, -0.05) is 26.7 Å². The summed E-state index contributed by atoms with van der Waals surface area (Å²) >= 11 is 0. The molecule has 2 saturated heterocycles. The van der Waals surface area contributed by atoms with Crippen molar-refractivity contribution in [1.29, 1.82) is 5.26 Å². The number of carbonyl (C=O) groups is 1. The van der Waals surface area contributed by atoms with Crippen molar-refractivity contribution in [2.75, 3.05) is 11.9 Å². The molecule has 2 aliphatic rings. The van der Waals surface area contributed by atoms with Gasteiger partial charge in [-0.15, -0.1) is 0 Å². The molecule has 0 radical (unpaired) electrons. The first-order valence-corrected chi connectivity index (χ1v) is 11.1. The number of rotatable bonds is 7. The Hall–Kier alpha value is -2.74. The van der Waals surface area contributed by atoms with Gasteiger partial charge in [-0.2, -0.15) is 10.4 Å². The number of nitrogens with zero attached hydrogens (tertiary/aromatic N) is 4. The van der Waals surface area contributed by atoms with Crippen LogP contribution in [0.4, 0.5) is 10.6 Å². The van der Waals surface area contributed by atoms with Crippen LogP contribution < -0.4 is 5.32 Å². The molecule has 0 saturated carbocycles. The van der Waals surface area contributed by atoms with Gasteiger partial charge in [-0.3, -0.25) is 5.32 Å². The minimum atomic E-state index is -1.42.